The lowest BCUT2D eigenvalue weighted by Gasteiger charge is -2.41. The number of hydrogen-bond donors (Lipinski definition) is 2. The van der Waals surface area contributed by atoms with Gasteiger partial charge in [-0.2, -0.15) is 0 Å². The van der Waals surface area contributed by atoms with Crippen LogP contribution in [0.25, 0.3) is 0 Å². The zero-order chi connectivity index (χ0) is 11.8. The van der Waals surface area contributed by atoms with Crippen LogP contribution in [0.1, 0.15) is 46.0 Å². The fraction of sp³-hybridized carbons (Fsp3) is 0.923. The molecule has 0 bridgehead atoms. The van der Waals surface area contributed by atoms with Crippen molar-refractivity contribution in [3.8, 4) is 0 Å². The van der Waals surface area contributed by atoms with E-state index in [4.69, 9.17) is 5.73 Å². The van der Waals surface area contributed by atoms with Gasteiger partial charge in [0, 0.05) is 0 Å². The largest absolute Gasteiger partial charge is 0.368 e. The zero-order valence-electron chi connectivity index (χ0n) is 10.5. The van der Waals surface area contributed by atoms with Crippen molar-refractivity contribution in [1.29, 1.82) is 0 Å². The minimum Gasteiger partial charge on any atom is -0.368 e. The second kappa shape index (κ2) is 4.36. The van der Waals surface area contributed by atoms with Crippen LogP contribution in [0.2, 0.25) is 0 Å². The van der Waals surface area contributed by atoms with E-state index >= 15 is 0 Å². The first-order chi connectivity index (χ1) is 7.53. The molecule has 0 aliphatic heterocycles. The van der Waals surface area contributed by atoms with E-state index in [-0.39, 0.29) is 5.91 Å². The second-order valence-corrected chi connectivity index (χ2v) is 5.97. The molecule has 1 amide bonds. The third kappa shape index (κ3) is 2.40. The van der Waals surface area contributed by atoms with Crippen molar-refractivity contribution >= 4 is 5.91 Å². The van der Waals surface area contributed by atoms with Crippen molar-refractivity contribution < 1.29 is 4.79 Å². The first-order valence-corrected chi connectivity index (χ1v) is 6.58. The van der Waals surface area contributed by atoms with E-state index in [9.17, 15) is 4.79 Å². The van der Waals surface area contributed by atoms with Gasteiger partial charge in [-0.15, -0.1) is 0 Å². The molecule has 0 aromatic carbocycles. The molecule has 16 heavy (non-hydrogen) atoms. The van der Waals surface area contributed by atoms with Gasteiger partial charge in [-0.1, -0.05) is 13.8 Å². The molecule has 2 saturated carbocycles. The Balaban J connectivity index is 1.99. The molecule has 3 atom stereocenters. The minimum absolute atomic E-state index is 0.146. The molecule has 0 heterocycles. The van der Waals surface area contributed by atoms with Gasteiger partial charge in [0.15, 0.2) is 0 Å². The lowest BCUT2D eigenvalue weighted by molar-refractivity contribution is -0.127. The summed E-state index contributed by atoms with van der Waals surface area (Å²) in [5, 5.41) is 3.47. The van der Waals surface area contributed by atoms with Gasteiger partial charge in [0.1, 0.15) is 0 Å². The molecule has 3 N–H and O–H groups in total. The summed E-state index contributed by atoms with van der Waals surface area (Å²) in [6.07, 6.45) is 5.57. The van der Waals surface area contributed by atoms with Gasteiger partial charge in [-0.25, -0.2) is 0 Å². The predicted octanol–water partition coefficient (Wildman–Crippen LogP) is 1.67. The van der Waals surface area contributed by atoms with Gasteiger partial charge in [-0.3, -0.25) is 4.79 Å². The topological polar surface area (TPSA) is 55.1 Å². The van der Waals surface area contributed by atoms with Crippen molar-refractivity contribution in [2.75, 3.05) is 6.54 Å². The molecule has 2 aliphatic carbocycles. The third-order valence-electron chi connectivity index (χ3n) is 4.57. The van der Waals surface area contributed by atoms with E-state index in [1.165, 1.54) is 12.8 Å². The van der Waals surface area contributed by atoms with E-state index in [0.29, 0.717) is 5.92 Å². The first kappa shape index (κ1) is 11.9. The van der Waals surface area contributed by atoms with Crippen LogP contribution < -0.4 is 11.1 Å². The Morgan fingerprint density at radius 1 is 1.31 bits per heavy atom. The summed E-state index contributed by atoms with van der Waals surface area (Å²) in [6, 6.07) is 0. The van der Waals surface area contributed by atoms with Crippen LogP contribution in [0.5, 0.6) is 0 Å². The molecule has 0 aromatic rings. The average molecular weight is 224 g/mol. The Bertz CT molecular complexity index is 275. The predicted molar refractivity (Wildman–Crippen MR) is 64.8 cm³/mol. The minimum atomic E-state index is -0.408. The van der Waals surface area contributed by atoms with Gasteiger partial charge in [-0.05, 0) is 56.4 Å². The third-order valence-corrected chi connectivity index (χ3v) is 4.57. The highest BCUT2D eigenvalue weighted by molar-refractivity contribution is 5.84. The number of nitrogens with two attached hydrogens (primary N) is 1. The normalized spacial score (nSPS) is 39.6. The van der Waals surface area contributed by atoms with Crippen molar-refractivity contribution in [2.45, 2.75) is 51.5 Å². The standard InChI is InChI=1S/C13H24N2O/c1-9-5-6-13(12(14)16,7-10(9)2)15-8-11-3-4-11/h9-11,15H,3-8H2,1-2H3,(H2,14,16). The molecule has 3 heteroatoms. The summed E-state index contributed by atoms with van der Waals surface area (Å²) >= 11 is 0. The highest BCUT2D eigenvalue weighted by Gasteiger charge is 2.42. The van der Waals surface area contributed by atoms with Crippen LogP contribution in [0.15, 0.2) is 0 Å². The maximum absolute atomic E-state index is 11.7. The number of hydrogen-bond acceptors (Lipinski definition) is 2. The van der Waals surface area contributed by atoms with Crippen LogP contribution in [0.4, 0.5) is 0 Å². The Kier molecular flexibility index (Phi) is 3.24. The lowest BCUT2D eigenvalue weighted by Crippen LogP contribution is -2.59. The summed E-state index contributed by atoms with van der Waals surface area (Å²) in [4.78, 5) is 11.7. The molecule has 3 nitrogen and oxygen atoms in total. The lowest BCUT2D eigenvalue weighted by atomic mass is 9.71. The molecular weight excluding hydrogens is 200 g/mol. The van der Waals surface area contributed by atoms with Crippen LogP contribution in [-0.2, 0) is 4.79 Å². The molecule has 0 radical (unpaired) electrons. The molecule has 3 unspecified atom stereocenters. The Hall–Kier alpha value is -0.570. The number of nitrogens with one attached hydrogen (secondary N) is 1. The zero-order valence-corrected chi connectivity index (χ0v) is 10.5. The quantitative estimate of drug-likeness (QED) is 0.763. The fourth-order valence-electron chi connectivity index (χ4n) is 2.74. The van der Waals surface area contributed by atoms with Crippen molar-refractivity contribution in [1.82, 2.24) is 5.32 Å². The van der Waals surface area contributed by atoms with E-state index < -0.39 is 5.54 Å². The Morgan fingerprint density at radius 3 is 2.50 bits per heavy atom. The molecule has 2 rings (SSSR count). The molecule has 2 fully saturated rings. The molecule has 0 saturated heterocycles. The number of amides is 1. The second-order valence-electron chi connectivity index (χ2n) is 5.97. The molecule has 0 aromatic heterocycles. The van der Waals surface area contributed by atoms with Gasteiger partial charge < -0.3 is 11.1 Å². The van der Waals surface area contributed by atoms with E-state index in [2.05, 4.69) is 19.2 Å². The van der Waals surface area contributed by atoms with Crippen molar-refractivity contribution in [3.05, 3.63) is 0 Å². The Morgan fingerprint density at radius 2 is 2.00 bits per heavy atom. The van der Waals surface area contributed by atoms with E-state index in [1.807, 2.05) is 0 Å². The first-order valence-electron chi connectivity index (χ1n) is 6.58. The van der Waals surface area contributed by atoms with E-state index in [1.54, 1.807) is 0 Å². The summed E-state index contributed by atoms with van der Waals surface area (Å²) in [5.74, 6) is 1.96. The van der Waals surface area contributed by atoms with Gasteiger partial charge in [0.25, 0.3) is 0 Å². The summed E-state index contributed by atoms with van der Waals surface area (Å²) in [5.41, 5.74) is 5.21. The number of carbonyl (C=O) groups excluding carboxylic acids is 1. The van der Waals surface area contributed by atoms with E-state index in [0.717, 1.165) is 37.6 Å². The summed E-state index contributed by atoms with van der Waals surface area (Å²) in [6.45, 7) is 5.49. The van der Waals surface area contributed by atoms with Crippen LogP contribution in [0.3, 0.4) is 0 Å². The van der Waals surface area contributed by atoms with Gasteiger partial charge >= 0.3 is 0 Å². The van der Waals surface area contributed by atoms with Gasteiger partial charge in [0.05, 0.1) is 5.54 Å². The van der Waals surface area contributed by atoms with Crippen molar-refractivity contribution in [2.24, 2.45) is 23.5 Å². The highest BCUT2D eigenvalue weighted by atomic mass is 16.1. The highest BCUT2D eigenvalue weighted by Crippen LogP contribution is 2.37. The fourth-order valence-corrected chi connectivity index (χ4v) is 2.74. The SMILES string of the molecule is CC1CCC(NCC2CC2)(C(N)=O)CC1C. The maximum Gasteiger partial charge on any atom is 0.237 e. The average Bonchev–Trinajstić information content (AvgIpc) is 3.03. The van der Waals surface area contributed by atoms with Crippen LogP contribution >= 0.6 is 0 Å². The monoisotopic (exact) mass is 224 g/mol. The summed E-state index contributed by atoms with van der Waals surface area (Å²) < 4.78 is 0. The van der Waals surface area contributed by atoms with Crippen LogP contribution in [0, 0.1) is 17.8 Å². The number of carbonyl (C=O) groups is 1. The van der Waals surface area contributed by atoms with Crippen LogP contribution in [-0.4, -0.2) is 18.0 Å². The molecule has 92 valence electrons. The summed E-state index contributed by atoms with van der Waals surface area (Å²) in [7, 11) is 0. The van der Waals surface area contributed by atoms with Gasteiger partial charge in [0.2, 0.25) is 5.91 Å². The Labute approximate surface area is 98.2 Å². The molecule has 2 aliphatic rings. The van der Waals surface area contributed by atoms with Crippen molar-refractivity contribution in [3.63, 3.8) is 0 Å². The molecular formula is C13H24N2O. The number of rotatable bonds is 4. The maximum atomic E-state index is 11.7. The smallest absolute Gasteiger partial charge is 0.237 e. The number of primary amides is 1. The molecule has 0 spiro atoms.